The highest BCUT2D eigenvalue weighted by atomic mass is 16.6. The number of anilines is 1. The van der Waals surface area contributed by atoms with Gasteiger partial charge in [-0.05, 0) is 60.4 Å². The first-order valence-corrected chi connectivity index (χ1v) is 10.5. The normalized spacial score (nSPS) is 11.4. The fourth-order valence-corrected chi connectivity index (χ4v) is 2.97. The predicted octanol–water partition coefficient (Wildman–Crippen LogP) is 0.210. The first-order valence-electron chi connectivity index (χ1n) is 10.5. The van der Waals surface area contributed by atoms with Gasteiger partial charge in [-0.1, -0.05) is 12.1 Å². The molecule has 0 unspecified atom stereocenters. The van der Waals surface area contributed by atoms with Gasteiger partial charge in [0.05, 0.1) is 25.9 Å². The van der Waals surface area contributed by atoms with Gasteiger partial charge in [0.2, 0.25) is 11.6 Å². The monoisotopic (exact) mass is 442 g/mol. The van der Waals surface area contributed by atoms with E-state index in [1.807, 2.05) is 24.3 Å². The molecule has 0 atom stereocenters. The lowest BCUT2D eigenvalue weighted by molar-refractivity contribution is -0.910. The molecule has 12 nitrogen and oxygen atoms in total. The highest BCUT2D eigenvalue weighted by Gasteiger charge is 2.26. The number of hydrazone groups is 1. The molecule has 170 valence electrons. The molecule has 1 amide bonds. The van der Waals surface area contributed by atoms with E-state index >= 15 is 0 Å². The van der Waals surface area contributed by atoms with Gasteiger partial charge in [-0.25, -0.2) is 10.1 Å². The van der Waals surface area contributed by atoms with Crippen LogP contribution >= 0.6 is 0 Å². The number of carbonyl (C=O) groups excluding carboxylic acids is 1. The van der Waals surface area contributed by atoms with Crippen LogP contribution in [0.15, 0.2) is 34.0 Å². The Bertz CT molecular complexity index is 1040. The molecule has 0 aliphatic rings. The molecule has 0 aliphatic heterocycles. The zero-order valence-electron chi connectivity index (χ0n) is 18.4. The Kier molecular flexibility index (Phi) is 7.86. The molecular weight excluding hydrogens is 414 g/mol. The van der Waals surface area contributed by atoms with Crippen molar-refractivity contribution in [3.8, 4) is 11.6 Å². The largest absolute Gasteiger partial charge is 0.494 e. The molecule has 12 heteroatoms. The average molecular weight is 443 g/mol. The maximum absolute atomic E-state index is 12.8. The molecule has 1 aromatic carbocycles. The molecule has 3 rings (SSSR count). The Balaban J connectivity index is 1.76. The van der Waals surface area contributed by atoms with Gasteiger partial charge in [0, 0.05) is 0 Å². The first-order chi connectivity index (χ1) is 15.6. The van der Waals surface area contributed by atoms with E-state index in [2.05, 4.69) is 56.6 Å². The van der Waals surface area contributed by atoms with Crippen molar-refractivity contribution < 1.29 is 19.1 Å². The van der Waals surface area contributed by atoms with Gasteiger partial charge in [-0.3, -0.25) is 4.79 Å². The fourth-order valence-electron chi connectivity index (χ4n) is 2.97. The van der Waals surface area contributed by atoms with Crippen LogP contribution in [0.4, 0.5) is 5.82 Å². The lowest BCUT2D eigenvalue weighted by Crippen LogP contribution is -3.10. The van der Waals surface area contributed by atoms with E-state index in [1.54, 1.807) is 6.21 Å². The summed E-state index contributed by atoms with van der Waals surface area (Å²) in [5.74, 6) is 0.538. The van der Waals surface area contributed by atoms with E-state index < -0.39 is 5.91 Å². The zero-order valence-corrected chi connectivity index (χ0v) is 18.4. The van der Waals surface area contributed by atoms with Crippen LogP contribution in [0.3, 0.4) is 0 Å². The number of rotatable bonds is 11. The second-order valence-electron chi connectivity index (χ2n) is 7.02. The molecule has 0 saturated heterocycles. The van der Waals surface area contributed by atoms with Crippen molar-refractivity contribution in [2.24, 2.45) is 5.10 Å². The summed E-state index contributed by atoms with van der Waals surface area (Å²) in [4.78, 5) is 14.0. The van der Waals surface area contributed by atoms with Crippen LogP contribution < -0.4 is 20.8 Å². The summed E-state index contributed by atoms with van der Waals surface area (Å²) in [5, 5.41) is 19.5. The van der Waals surface area contributed by atoms with E-state index in [1.165, 1.54) is 9.58 Å². The number of nitrogens with one attached hydrogen (secondary N) is 2. The highest BCUT2D eigenvalue weighted by Crippen LogP contribution is 2.15. The molecule has 0 bridgehead atoms. The third-order valence-corrected chi connectivity index (χ3v) is 4.82. The van der Waals surface area contributed by atoms with E-state index in [9.17, 15) is 4.79 Å². The Hall–Kier alpha value is -3.80. The number of ether oxygens (including phenoxy) is 1. The Labute approximate surface area is 185 Å². The number of hydrogen-bond acceptors (Lipinski definition) is 9. The number of nitrogens with zero attached hydrogens (tertiary/aromatic N) is 6. The number of aromatic nitrogens is 5. The van der Waals surface area contributed by atoms with Gasteiger partial charge in [-0.2, -0.15) is 9.78 Å². The van der Waals surface area contributed by atoms with Gasteiger partial charge >= 0.3 is 0 Å². The summed E-state index contributed by atoms with van der Waals surface area (Å²) in [6.07, 6.45) is 2.48. The lowest BCUT2D eigenvalue weighted by Gasteiger charge is -2.15. The summed E-state index contributed by atoms with van der Waals surface area (Å²) in [6.45, 7) is 9.02. The minimum atomic E-state index is -0.494. The van der Waals surface area contributed by atoms with Crippen LogP contribution in [0.5, 0.6) is 5.75 Å². The minimum Gasteiger partial charge on any atom is -0.494 e. The fraction of sp³-hybridized carbons (Fsp3) is 0.400. The van der Waals surface area contributed by atoms with Crippen LogP contribution in [0.2, 0.25) is 0 Å². The van der Waals surface area contributed by atoms with Crippen LogP contribution in [-0.4, -0.2) is 57.1 Å². The molecule has 4 N–H and O–H groups in total. The first kappa shape index (κ1) is 22.9. The standard InChI is InChI=1S/C20H27N9O3/c1-4-11-31-15-9-7-14(8-10-15)12-22-24-20(30)17-16(13-28(5-2)6-3)29(27-23-17)19-18(21)25-32-26-19/h7-10,12H,4-6,11,13H2,1-3H3,(H2,21,25)(H,24,30)/p+1/b22-12-. The molecule has 0 saturated carbocycles. The van der Waals surface area contributed by atoms with E-state index in [0.717, 1.165) is 30.8 Å². The molecule has 2 heterocycles. The second-order valence-corrected chi connectivity index (χ2v) is 7.02. The van der Waals surface area contributed by atoms with E-state index in [-0.39, 0.29) is 17.3 Å². The average Bonchev–Trinajstić information content (AvgIpc) is 3.42. The van der Waals surface area contributed by atoms with Crippen molar-refractivity contribution in [2.75, 3.05) is 25.4 Å². The Morgan fingerprint density at radius 3 is 2.62 bits per heavy atom. The zero-order chi connectivity index (χ0) is 22.9. The Morgan fingerprint density at radius 2 is 2.00 bits per heavy atom. The summed E-state index contributed by atoms with van der Waals surface area (Å²) in [6, 6.07) is 7.41. The van der Waals surface area contributed by atoms with Crippen molar-refractivity contribution in [1.29, 1.82) is 0 Å². The summed E-state index contributed by atoms with van der Waals surface area (Å²) in [5.41, 5.74) is 9.79. The maximum Gasteiger partial charge on any atom is 0.294 e. The molecule has 0 radical (unpaired) electrons. The number of nitrogens with two attached hydrogens (primary N) is 1. The van der Waals surface area contributed by atoms with Gasteiger partial charge < -0.3 is 15.4 Å². The van der Waals surface area contributed by atoms with E-state index in [4.69, 9.17) is 10.5 Å². The minimum absolute atomic E-state index is 0.0574. The third kappa shape index (κ3) is 5.46. The van der Waals surface area contributed by atoms with Crippen molar-refractivity contribution >= 4 is 17.9 Å². The second kappa shape index (κ2) is 11.0. The van der Waals surface area contributed by atoms with Gasteiger partial charge in [0.25, 0.3) is 5.91 Å². The maximum atomic E-state index is 12.8. The summed E-state index contributed by atoms with van der Waals surface area (Å²) >= 11 is 0. The van der Waals surface area contributed by atoms with Crippen molar-refractivity contribution in [3.05, 3.63) is 41.2 Å². The summed E-state index contributed by atoms with van der Waals surface area (Å²) in [7, 11) is 0. The molecule has 0 fully saturated rings. The number of amides is 1. The quantitative estimate of drug-likeness (QED) is 0.282. The van der Waals surface area contributed by atoms with Crippen LogP contribution in [0, 0.1) is 0 Å². The van der Waals surface area contributed by atoms with Crippen molar-refractivity contribution in [3.63, 3.8) is 0 Å². The topological polar surface area (TPSA) is 151 Å². The molecule has 32 heavy (non-hydrogen) atoms. The number of nitrogen functional groups attached to an aromatic ring is 1. The van der Waals surface area contributed by atoms with Crippen LogP contribution in [0.1, 0.15) is 48.9 Å². The van der Waals surface area contributed by atoms with E-state index in [0.29, 0.717) is 18.8 Å². The molecular formula is C20H28N9O3+. The lowest BCUT2D eigenvalue weighted by atomic mass is 10.2. The predicted molar refractivity (Wildman–Crippen MR) is 117 cm³/mol. The highest BCUT2D eigenvalue weighted by molar-refractivity contribution is 5.94. The molecule has 2 aromatic heterocycles. The summed E-state index contributed by atoms with van der Waals surface area (Å²) < 4.78 is 11.6. The van der Waals surface area contributed by atoms with Gasteiger partial charge in [0.15, 0.2) is 5.69 Å². The number of benzene rings is 1. The molecule has 3 aromatic rings. The number of carbonyl (C=O) groups is 1. The van der Waals surface area contributed by atoms with Gasteiger partial charge in [-0.15, -0.1) is 5.10 Å². The SMILES string of the molecule is CCCOc1ccc(/C=N\NC(=O)c2nnn(-c3nonc3N)c2C[NH+](CC)CC)cc1. The number of hydrogen-bond donors (Lipinski definition) is 3. The van der Waals surface area contributed by atoms with Gasteiger partial charge in [0.1, 0.15) is 18.0 Å². The Morgan fingerprint density at radius 1 is 1.25 bits per heavy atom. The van der Waals surface area contributed by atoms with Crippen LogP contribution in [0.25, 0.3) is 5.82 Å². The van der Waals surface area contributed by atoms with Crippen LogP contribution in [-0.2, 0) is 6.54 Å². The smallest absolute Gasteiger partial charge is 0.294 e. The molecule has 0 aliphatic carbocycles. The molecule has 0 spiro atoms. The van der Waals surface area contributed by atoms with Crippen molar-refractivity contribution in [1.82, 2.24) is 30.7 Å². The van der Waals surface area contributed by atoms with Crippen molar-refractivity contribution in [2.45, 2.75) is 33.7 Å². The number of quaternary nitrogens is 1. The third-order valence-electron chi connectivity index (χ3n) is 4.82.